The minimum atomic E-state index is -0.928. The third-order valence-electron chi connectivity index (χ3n) is 2.02. The summed E-state index contributed by atoms with van der Waals surface area (Å²) in [6.45, 7) is 0. The van der Waals surface area contributed by atoms with Gasteiger partial charge in [0.2, 0.25) is 0 Å². The van der Waals surface area contributed by atoms with Crippen LogP contribution in [0, 0.1) is 0 Å². The van der Waals surface area contributed by atoms with Crippen LogP contribution in [0.25, 0.3) is 0 Å². The highest BCUT2D eigenvalue weighted by atomic mass is 16.4. The number of carboxylic acid groups (broad SMARTS) is 1. The summed E-state index contributed by atoms with van der Waals surface area (Å²) < 4.78 is 0. The van der Waals surface area contributed by atoms with Gasteiger partial charge in [-0.05, 0) is 24.3 Å². The third-order valence-corrected chi connectivity index (χ3v) is 2.02. The van der Waals surface area contributed by atoms with E-state index in [4.69, 9.17) is 5.11 Å². The van der Waals surface area contributed by atoms with Crippen LogP contribution in [-0.2, 0) is 6.42 Å². The van der Waals surface area contributed by atoms with E-state index in [9.17, 15) is 4.79 Å². The molecule has 0 radical (unpaired) electrons. The van der Waals surface area contributed by atoms with E-state index in [0.29, 0.717) is 6.42 Å². The number of nitrogens with one attached hydrogen (secondary N) is 2. The highest BCUT2D eigenvalue weighted by Gasteiger charge is 2.05. The Hall–Kier alpha value is -1.97. The van der Waals surface area contributed by atoms with E-state index in [1.165, 1.54) is 0 Å². The topological polar surface area (TPSA) is 68.9 Å². The predicted octanol–water partition coefficient (Wildman–Crippen LogP) is 1.63. The Kier molecular flexibility index (Phi) is 2.10. The molecular formula is C10H10N2O2. The van der Waals surface area contributed by atoms with Crippen molar-refractivity contribution in [2.24, 2.45) is 0 Å². The molecule has 0 fully saturated rings. The second-order valence-corrected chi connectivity index (χ2v) is 3.07. The SMILES string of the molecule is O=C(O)c1ccc(Cc2ccc[nH]2)[nH]1. The molecule has 0 unspecified atom stereocenters. The van der Waals surface area contributed by atoms with E-state index >= 15 is 0 Å². The first kappa shape index (κ1) is 8.62. The first-order chi connectivity index (χ1) is 6.75. The molecule has 0 aliphatic rings. The van der Waals surface area contributed by atoms with Crippen molar-refractivity contribution < 1.29 is 9.90 Å². The number of hydrogen-bond donors (Lipinski definition) is 3. The van der Waals surface area contributed by atoms with Crippen molar-refractivity contribution in [1.82, 2.24) is 9.97 Å². The Morgan fingerprint density at radius 1 is 1.29 bits per heavy atom. The number of carbonyl (C=O) groups is 1. The maximum atomic E-state index is 10.6. The van der Waals surface area contributed by atoms with Crippen molar-refractivity contribution in [3.63, 3.8) is 0 Å². The average Bonchev–Trinajstić information content (AvgIpc) is 2.75. The van der Waals surface area contributed by atoms with Crippen molar-refractivity contribution in [3.05, 3.63) is 47.5 Å². The van der Waals surface area contributed by atoms with Crippen molar-refractivity contribution in [1.29, 1.82) is 0 Å². The summed E-state index contributed by atoms with van der Waals surface area (Å²) in [6, 6.07) is 7.22. The first-order valence-corrected chi connectivity index (χ1v) is 4.29. The number of aromatic nitrogens is 2. The molecule has 2 aromatic rings. The van der Waals surface area contributed by atoms with Crippen LogP contribution in [0.15, 0.2) is 30.5 Å². The molecule has 0 aliphatic carbocycles. The zero-order chi connectivity index (χ0) is 9.97. The van der Waals surface area contributed by atoms with Crippen molar-refractivity contribution in [3.8, 4) is 0 Å². The largest absolute Gasteiger partial charge is 0.477 e. The number of aromatic amines is 2. The van der Waals surface area contributed by atoms with Gasteiger partial charge >= 0.3 is 5.97 Å². The standard InChI is InChI=1S/C10H10N2O2/c13-10(14)9-4-3-8(12-9)6-7-2-1-5-11-7/h1-5,11-12H,6H2,(H,13,14). The zero-order valence-electron chi connectivity index (χ0n) is 7.45. The predicted molar refractivity (Wildman–Crippen MR) is 51.4 cm³/mol. The van der Waals surface area contributed by atoms with Crippen LogP contribution in [0.4, 0.5) is 0 Å². The fourth-order valence-electron chi connectivity index (χ4n) is 1.35. The highest BCUT2D eigenvalue weighted by Crippen LogP contribution is 2.07. The van der Waals surface area contributed by atoms with E-state index in [1.54, 1.807) is 12.1 Å². The summed E-state index contributed by atoms with van der Waals surface area (Å²) >= 11 is 0. The van der Waals surface area contributed by atoms with E-state index in [0.717, 1.165) is 11.4 Å². The third kappa shape index (κ3) is 1.69. The maximum Gasteiger partial charge on any atom is 0.352 e. The summed E-state index contributed by atoms with van der Waals surface area (Å²) in [5, 5.41) is 8.69. The molecule has 2 rings (SSSR count). The van der Waals surface area contributed by atoms with Crippen LogP contribution in [0.1, 0.15) is 21.9 Å². The van der Waals surface area contributed by atoms with Gasteiger partial charge in [0.25, 0.3) is 0 Å². The van der Waals surface area contributed by atoms with Gasteiger partial charge in [-0.25, -0.2) is 4.79 Å². The molecule has 0 amide bonds. The number of aromatic carboxylic acids is 1. The lowest BCUT2D eigenvalue weighted by Crippen LogP contribution is -1.97. The quantitative estimate of drug-likeness (QED) is 0.688. The van der Waals surface area contributed by atoms with Gasteiger partial charge in [0, 0.05) is 24.0 Å². The van der Waals surface area contributed by atoms with E-state index in [-0.39, 0.29) is 5.69 Å². The molecule has 0 bridgehead atoms. The maximum absolute atomic E-state index is 10.6. The van der Waals surface area contributed by atoms with Crippen LogP contribution < -0.4 is 0 Å². The molecule has 4 heteroatoms. The second kappa shape index (κ2) is 3.41. The number of rotatable bonds is 3. The van der Waals surface area contributed by atoms with Crippen molar-refractivity contribution >= 4 is 5.97 Å². The van der Waals surface area contributed by atoms with E-state index in [2.05, 4.69) is 9.97 Å². The Morgan fingerprint density at radius 2 is 2.14 bits per heavy atom. The lowest BCUT2D eigenvalue weighted by atomic mass is 10.2. The summed E-state index contributed by atoms with van der Waals surface area (Å²) in [7, 11) is 0. The van der Waals surface area contributed by atoms with Crippen LogP contribution >= 0.6 is 0 Å². The molecule has 0 atom stereocenters. The van der Waals surface area contributed by atoms with Crippen LogP contribution in [0.5, 0.6) is 0 Å². The summed E-state index contributed by atoms with van der Waals surface area (Å²) in [5.74, 6) is -0.928. The summed E-state index contributed by atoms with van der Waals surface area (Å²) in [5.41, 5.74) is 2.18. The van der Waals surface area contributed by atoms with Gasteiger partial charge in [-0.2, -0.15) is 0 Å². The summed E-state index contributed by atoms with van der Waals surface area (Å²) in [4.78, 5) is 16.5. The van der Waals surface area contributed by atoms with Crippen LogP contribution in [0.2, 0.25) is 0 Å². The molecule has 0 saturated heterocycles. The minimum absolute atomic E-state index is 0.228. The number of carboxylic acids is 1. The van der Waals surface area contributed by atoms with Gasteiger partial charge in [-0.3, -0.25) is 0 Å². The van der Waals surface area contributed by atoms with Gasteiger partial charge in [0.05, 0.1) is 0 Å². The molecule has 14 heavy (non-hydrogen) atoms. The van der Waals surface area contributed by atoms with Gasteiger partial charge in [0.15, 0.2) is 0 Å². The number of H-pyrrole nitrogens is 2. The van der Waals surface area contributed by atoms with Crippen LogP contribution in [0.3, 0.4) is 0 Å². The van der Waals surface area contributed by atoms with Crippen molar-refractivity contribution in [2.75, 3.05) is 0 Å². The number of hydrogen-bond acceptors (Lipinski definition) is 1. The Labute approximate surface area is 80.6 Å². The second-order valence-electron chi connectivity index (χ2n) is 3.07. The Bertz CT molecular complexity index is 429. The molecule has 0 spiro atoms. The smallest absolute Gasteiger partial charge is 0.352 e. The molecule has 3 N–H and O–H groups in total. The lowest BCUT2D eigenvalue weighted by Gasteiger charge is -1.94. The molecule has 2 heterocycles. The normalized spacial score (nSPS) is 10.3. The van der Waals surface area contributed by atoms with Gasteiger partial charge in [-0.15, -0.1) is 0 Å². The lowest BCUT2D eigenvalue weighted by molar-refractivity contribution is 0.0691. The van der Waals surface area contributed by atoms with Gasteiger partial charge in [-0.1, -0.05) is 0 Å². The molecular weight excluding hydrogens is 180 g/mol. The van der Waals surface area contributed by atoms with Crippen LogP contribution in [-0.4, -0.2) is 21.0 Å². The monoisotopic (exact) mass is 190 g/mol. The molecule has 2 aromatic heterocycles. The Morgan fingerprint density at radius 3 is 2.71 bits per heavy atom. The fraction of sp³-hybridized carbons (Fsp3) is 0.100. The first-order valence-electron chi connectivity index (χ1n) is 4.29. The molecule has 4 nitrogen and oxygen atoms in total. The molecule has 72 valence electrons. The molecule has 0 aromatic carbocycles. The minimum Gasteiger partial charge on any atom is -0.477 e. The molecule has 0 aliphatic heterocycles. The van der Waals surface area contributed by atoms with Gasteiger partial charge < -0.3 is 15.1 Å². The van der Waals surface area contributed by atoms with Crippen molar-refractivity contribution in [2.45, 2.75) is 6.42 Å². The summed E-state index contributed by atoms with van der Waals surface area (Å²) in [6.07, 6.45) is 2.54. The average molecular weight is 190 g/mol. The molecule has 0 saturated carbocycles. The van der Waals surface area contributed by atoms with E-state index in [1.807, 2.05) is 18.3 Å². The fourth-order valence-corrected chi connectivity index (χ4v) is 1.35. The van der Waals surface area contributed by atoms with Gasteiger partial charge in [0.1, 0.15) is 5.69 Å². The Balaban J connectivity index is 2.14. The zero-order valence-corrected chi connectivity index (χ0v) is 7.45. The highest BCUT2D eigenvalue weighted by molar-refractivity contribution is 5.85. The van der Waals surface area contributed by atoms with E-state index < -0.39 is 5.97 Å².